The van der Waals surface area contributed by atoms with Crippen LogP contribution < -0.4 is 24.8 Å². The van der Waals surface area contributed by atoms with Crippen molar-refractivity contribution in [3.63, 3.8) is 0 Å². The third kappa shape index (κ3) is 5.19. The van der Waals surface area contributed by atoms with Gasteiger partial charge in [0.15, 0.2) is 11.5 Å². The Morgan fingerprint density at radius 1 is 0.862 bits per heavy atom. The number of carbonyl (C=O) groups excluding carboxylic acids is 2. The van der Waals surface area contributed by atoms with Crippen molar-refractivity contribution < 1.29 is 23.8 Å². The number of anilines is 2. The molecule has 2 atom stereocenters. The van der Waals surface area contributed by atoms with E-state index >= 15 is 0 Å². The first kappa shape index (κ1) is 20.5. The summed E-state index contributed by atoms with van der Waals surface area (Å²) < 4.78 is 16.0. The van der Waals surface area contributed by atoms with Gasteiger partial charge in [0.05, 0.1) is 32.2 Å². The number of amides is 2. The van der Waals surface area contributed by atoms with Gasteiger partial charge in [0.2, 0.25) is 11.8 Å². The van der Waals surface area contributed by atoms with E-state index in [1.54, 1.807) is 37.4 Å². The maximum absolute atomic E-state index is 12.5. The van der Waals surface area contributed by atoms with Crippen molar-refractivity contribution in [3.05, 3.63) is 42.5 Å². The van der Waals surface area contributed by atoms with Crippen LogP contribution in [-0.2, 0) is 9.59 Å². The Kier molecular flexibility index (Phi) is 6.26. The average molecular weight is 398 g/mol. The number of methoxy groups -OCH3 is 2. The molecule has 0 aliphatic heterocycles. The molecule has 2 unspecified atom stereocenters. The Labute approximate surface area is 170 Å². The van der Waals surface area contributed by atoms with Crippen LogP contribution in [0, 0.1) is 11.8 Å². The van der Waals surface area contributed by atoms with E-state index in [-0.39, 0.29) is 29.8 Å². The van der Waals surface area contributed by atoms with Gasteiger partial charge in [0.1, 0.15) is 5.75 Å². The summed E-state index contributed by atoms with van der Waals surface area (Å²) >= 11 is 0. The molecule has 7 nitrogen and oxygen atoms in total. The monoisotopic (exact) mass is 398 g/mol. The SMILES string of the molecule is COc1ccc(NC(=O)C2CC2C(=O)Nc2ccc(OC(C)C)cc2)cc1OC. The van der Waals surface area contributed by atoms with E-state index in [0.29, 0.717) is 29.3 Å². The van der Waals surface area contributed by atoms with Gasteiger partial charge in [-0.3, -0.25) is 9.59 Å². The zero-order valence-corrected chi connectivity index (χ0v) is 17.0. The molecule has 7 heteroatoms. The molecule has 0 spiro atoms. The van der Waals surface area contributed by atoms with Crippen LogP contribution in [-0.4, -0.2) is 32.1 Å². The van der Waals surface area contributed by atoms with Gasteiger partial charge >= 0.3 is 0 Å². The lowest BCUT2D eigenvalue weighted by molar-refractivity contribution is -0.122. The lowest BCUT2D eigenvalue weighted by atomic mass is 10.2. The summed E-state index contributed by atoms with van der Waals surface area (Å²) in [6, 6.07) is 12.3. The predicted molar refractivity (Wildman–Crippen MR) is 111 cm³/mol. The van der Waals surface area contributed by atoms with Crippen LogP contribution in [0.25, 0.3) is 0 Å². The zero-order chi connectivity index (χ0) is 21.0. The summed E-state index contributed by atoms with van der Waals surface area (Å²) in [4.78, 5) is 24.9. The minimum absolute atomic E-state index is 0.0897. The second-order valence-corrected chi connectivity index (χ2v) is 7.19. The van der Waals surface area contributed by atoms with Gasteiger partial charge in [0.25, 0.3) is 0 Å². The molecule has 2 amide bonds. The fourth-order valence-corrected chi connectivity index (χ4v) is 3.05. The largest absolute Gasteiger partial charge is 0.493 e. The fourth-order valence-electron chi connectivity index (χ4n) is 3.05. The molecule has 1 fully saturated rings. The molecule has 2 aromatic carbocycles. The maximum Gasteiger partial charge on any atom is 0.228 e. The van der Waals surface area contributed by atoms with E-state index in [9.17, 15) is 9.59 Å². The fraction of sp³-hybridized carbons (Fsp3) is 0.364. The van der Waals surface area contributed by atoms with Crippen LogP contribution in [0.15, 0.2) is 42.5 Å². The molecule has 2 N–H and O–H groups in total. The highest BCUT2D eigenvalue weighted by atomic mass is 16.5. The standard InChI is InChI=1S/C22H26N2O5/c1-13(2)29-16-8-5-14(6-9-16)23-21(25)17-12-18(17)22(26)24-15-7-10-19(27-3)20(11-15)28-4/h5-11,13,17-18H,12H2,1-4H3,(H,23,25)(H,24,26). The first-order valence-corrected chi connectivity index (χ1v) is 9.51. The normalized spacial score (nSPS) is 17.4. The average Bonchev–Trinajstić information content (AvgIpc) is 3.50. The van der Waals surface area contributed by atoms with E-state index in [1.165, 1.54) is 7.11 Å². The van der Waals surface area contributed by atoms with Gasteiger partial charge in [-0.05, 0) is 56.7 Å². The third-order valence-corrected chi connectivity index (χ3v) is 4.61. The van der Waals surface area contributed by atoms with Crippen LogP contribution in [0.3, 0.4) is 0 Å². The number of nitrogens with one attached hydrogen (secondary N) is 2. The molecule has 1 aliphatic rings. The Hall–Kier alpha value is -3.22. The predicted octanol–water partition coefficient (Wildman–Crippen LogP) is 3.70. The molecule has 0 bridgehead atoms. The third-order valence-electron chi connectivity index (χ3n) is 4.61. The van der Waals surface area contributed by atoms with Crippen LogP contribution in [0.2, 0.25) is 0 Å². The quantitative estimate of drug-likeness (QED) is 0.708. The van der Waals surface area contributed by atoms with Gasteiger partial charge in [-0.1, -0.05) is 0 Å². The van der Waals surface area contributed by atoms with Crippen LogP contribution in [0.5, 0.6) is 17.2 Å². The van der Waals surface area contributed by atoms with Crippen LogP contribution >= 0.6 is 0 Å². The lowest BCUT2D eigenvalue weighted by Crippen LogP contribution is -2.20. The second-order valence-electron chi connectivity index (χ2n) is 7.19. The van der Waals surface area contributed by atoms with E-state index in [2.05, 4.69) is 10.6 Å². The number of carbonyl (C=O) groups is 2. The molecule has 1 aliphatic carbocycles. The lowest BCUT2D eigenvalue weighted by Gasteiger charge is -2.11. The molecule has 0 radical (unpaired) electrons. The van der Waals surface area contributed by atoms with E-state index in [1.807, 2.05) is 26.0 Å². The summed E-state index contributed by atoms with van der Waals surface area (Å²) in [5.41, 5.74) is 1.27. The summed E-state index contributed by atoms with van der Waals surface area (Å²) in [6.45, 7) is 3.91. The number of benzene rings is 2. The molecule has 1 saturated carbocycles. The van der Waals surface area contributed by atoms with Crippen LogP contribution in [0.1, 0.15) is 20.3 Å². The van der Waals surface area contributed by atoms with Crippen molar-refractivity contribution >= 4 is 23.2 Å². The maximum atomic E-state index is 12.5. The van der Waals surface area contributed by atoms with E-state index < -0.39 is 0 Å². The van der Waals surface area contributed by atoms with Crippen molar-refractivity contribution in [2.24, 2.45) is 11.8 Å². The first-order valence-electron chi connectivity index (χ1n) is 9.51. The number of rotatable bonds is 8. The number of hydrogen-bond acceptors (Lipinski definition) is 5. The van der Waals surface area contributed by atoms with E-state index in [4.69, 9.17) is 14.2 Å². The summed E-state index contributed by atoms with van der Waals surface area (Å²) in [5.74, 6) is 0.845. The van der Waals surface area contributed by atoms with E-state index in [0.717, 1.165) is 5.75 Å². The number of ether oxygens (including phenoxy) is 3. The number of hydrogen-bond donors (Lipinski definition) is 2. The van der Waals surface area contributed by atoms with Gasteiger partial charge in [-0.2, -0.15) is 0 Å². The smallest absolute Gasteiger partial charge is 0.228 e. The van der Waals surface area contributed by atoms with Crippen molar-refractivity contribution in [2.75, 3.05) is 24.9 Å². The van der Waals surface area contributed by atoms with Crippen molar-refractivity contribution in [1.82, 2.24) is 0 Å². The molecule has 154 valence electrons. The highest BCUT2D eigenvalue weighted by Gasteiger charge is 2.48. The van der Waals surface area contributed by atoms with Crippen LogP contribution in [0.4, 0.5) is 11.4 Å². The molecular weight excluding hydrogens is 372 g/mol. The van der Waals surface area contributed by atoms with Crippen molar-refractivity contribution in [2.45, 2.75) is 26.4 Å². The zero-order valence-electron chi connectivity index (χ0n) is 17.0. The van der Waals surface area contributed by atoms with Crippen molar-refractivity contribution in [3.8, 4) is 17.2 Å². The highest BCUT2D eigenvalue weighted by Crippen LogP contribution is 2.40. The second kappa shape index (κ2) is 8.86. The van der Waals surface area contributed by atoms with Gasteiger partial charge < -0.3 is 24.8 Å². The summed E-state index contributed by atoms with van der Waals surface area (Å²) in [6.07, 6.45) is 0.617. The van der Waals surface area contributed by atoms with Gasteiger partial charge in [0, 0.05) is 17.4 Å². The molecule has 2 aromatic rings. The Bertz CT molecular complexity index is 879. The van der Waals surface area contributed by atoms with Gasteiger partial charge in [-0.25, -0.2) is 0 Å². The molecule has 0 aromatic heterocycles. The minimum atomic E-state index is -0.341. The molecular formula is C22H26N2O5. The van der Waals surface area contributed by atoms with Crippen molar-refractivity contribution in [1.29, 1.82) is 0 Å². The topological polar surface area (TPSA) is 85.9 Å². The highest BCUT2D eigenvalue weighted by molar-refractivity contribution is 6.03. The molecule has 3 rings (SSSR count). The molecule has 0 heterocycles. The molecule has 0 saturated heterocycles. The summed E-state index contributed by atoms with van der Waals surface area (Å²) in [7, 11) is 3.08. The Morgan fingerprint density at radius 2 is 1.41 bits per heavy atom. The molecule has 29 heavy (non-hydrogen) atoms. The minimum Gasteiger partial charge on any atom is -0.493 e. The Morgan fingerprint density at radius 3 is 1.97 bits per heavy atom. The summed E-state index contributed by atoms with van der Waals surface area (Å²) in [5, 5.41) is 5.69. The Balaban J connectivity index is 1.53. The first-order chi connectivity index (χ1) is 13.9. The van der Waals surface area contributed by atoms with Gasteiger partial charge in [-0.15, -0.1) is 0 Å².